The Labute approximate surface area is 135 Å². The molecule has 0 spiro atoms. The summed E-state index contributed by atoms with van der Waals surface area (Å²) in [6, 6.07) is 2.26. The van der Waals surface area contributed by atoms with Crippen LogP contribution in [-0.4, -0.2) is 51.4 Å². The zero-order chi connectivity index (χ0) is 17.7. The van der Waals surface area contributed by atoms with Gasteiger partial charge in [-0.2, -0.15) is 13.2 Å². The van der Waals surface area contributed by atoms with E-state index in [1.165, 1.54) is 31.6 Å². The fourth-order valence-corrected chi connectivity index (χ4v) is 1.82. The van der Waals surface area contributed by atoms with Crippen molar-refractivity contribution in [3.05, 3.63) is 30.8 Å². The van der Waals surface area contributed by atoms with Crippen LogP contribution >= 0.6 is 0 Å². The zero-order valence-corrected chi connectivity index (χ0v) is 12.6. The first-order chi connectivity index (χ1) is 11.3. The number of hydrogen-bond acceptors (Lipinski definition) is 5. The van der Waals surface area contributed by atoms with Crippen LogP contribution in [-0.2, 0) is 0 Å². The molecular weight excluding hydrogens is 329 g/mol. The lowest BCUT2D eigenvalue weighted by Gasteiger charge is -2.25. The van der Waals surface area contributed by atoms with E-state index in [4.69, 9.17) is 9.52 Å². The number of pyridine rings is 1. The molecule has 0 aliphatic heterocycles. The Hall–Kier alpha value is -2.62. The molecule has 0 fully saturated rings. The number of rotatable bonds is 5. The highest BCUT2D eigenvalue weighted by Gasteiger charge is 2.39. The van der Waals surface area contributed by atoms with E-state index in [-0.39, 0.29) is 12.4 Å². The largest absolute Gasteiger partial charge is 0.444 e. The van der Waals surface area contributed by atoms with Crippen molar-refractivity contribution in [1.29, 1.82) is 0 Å². The summed E-state index contributed by atoms with van der Waals surface area (Å²) in [6.45, 7) is 0.634. The minimum atomic E-state index is -4.79. The van der Waals surface area contributed by atoms with Crippen LogP contribution in [0.1, 0.15) is 6.92 Å². The van der Waals surface area contributed by atoms with E-state index < -0.39 is 24.9 Å². The molecule has 0 bridgehead atoms. The lowest BCUT2D eigenvalue weighted by Crippen LogP contribution is -2.45. The average molecular weight is 344 g/mol. The van der Waals surface area contributed by atoms with Crippen molar-refractivity contribution in [1.82, 2.24) is 14.9 Å². The van der Waals surface area contributed by atoms with Gasteiger partial charge in [0.25, 0.3) is 0 Å². The molecule has 24 heavy (non-hydrogen) atoms. The number of aromatic nitrogens is 2. The Morgan fingerprint density at radius 2 is 2.17 bits per heavy atom. The van der Waals surface area contributed by atoms with Crippen molar-refractivity contribution in [2.45, 2.75) is 19.2 Å². The summed E-state index contributed by atoms with van der Waals surface area (Å²) < 4.78 is 42.2. The van der Waals surface area contributed by atoms with Gasteiger partial charge in [-0.05, 0) is 19.1 Å². The molecule has 2 N–H and O–H groups in total. The molecule has 7 nitrogen and oxygen atoms in total. The number of anilines is 1. The molecule has 0 saturated heterocycles. The molecule has 0 aliphatic carbocycles. The molecule has 2 heterocycles. The number of carbonyl (C=O) groups is 1. The highest BCUT2D eigenvalue weighted by molar-refractivity contribution is 5.88. The predicted molar refractivity (Wildman–Crippen MR) is 78.1 cm³/mol. The van der Waals surface area contributed by atoms with Crippen molar-refractivity contribution >= 4 is 11.8 Å². The summed E-state index contributed by atoms with van der Waals surface area (Å²) in [5, 5.41) is 11.4. The number of nitrogens with one attached hydrogen (secondary N) is 1. The third-order valence-corrected chi connectivity index (χ3v) is 3.12. The van der Waals surface area contributed by atoms with Gasteiger partial charge in [-0.3, -0.25) is 5.32 Å². The molecule has 1 atom stereocenters. The maximum absolute atomic E-state index is 12.4. The molecule has 2 rings (SSSR count). The first kappa shape index (κ1) is 17.7. The van der Waals surface area contributed by atoms with E-state index in [1.807, 2.05) is 0 Å². The quantitative estimate of drug-likeness (QED) is 0.870. The number of carbonyl (C=O) groups excluding carboxylic acids is 1. The second-order valence-corrected chi connectivity index (χ2v) is 4.80. The number of urea groups is 1. The SMILES string of the molecule is CCN(CC(O)C(F)(F)F)C(=O)Nc1ccc(-c2ncco2)cn1. The molecule has 0 radical (unpaired) electrons. The van der Waals surface area contributed by atoms with E-state index in [2.05, 4.69) is 15.3 Å². The molecule has 2 amide bonds. The maximum Gasteiger partial charge on any atom is 0.416 e. The first-order valence-electron chi connectivity index (χ1n) is 6.98. The van der Waals surface area contributed by atoms with E-state index >= 15 is 0 Å². The number of oxazole rings is 1. The fourth-order valence-electron chi connectivity index (χ4n) is 1.82. The van der Waals surface area contributed by atoms with Crippen LogP contribution in [0.15, 0.2) is 35.2 Å². The summed E-state index contributed by atoms with van der Waals surface area (Å²) >= 11 is 0. The summed E-state index contributed by atoms with van der Waals surface area (Å²) in [4.78, 5) is 20.7. The number of amides is 2. The van der Waals surface area contributed by atoms with Crippen molar-refractivity contribution in [3.63, 3.8) is 0 Å². The van der Waals surface area contributed by atoms with Gasteiger partial charge in [0, 0.05) is 12.7 Å². The number of likely N-dealkylation sites (N-methyl/N-ethyl adjacent to an activating group) is 1. The minimum Gasteiger partial charge on any atom is -0.444 e. The van der Waals surface area contributed by atoms with Crippen molar-refractivity contribution in [2.24, 2.45) is 0 Å². The maximum atomic E-state index is 12.4. The smallest absolute Gasteiger partial charge is 0.416 e. The summed E-state index contributed by atoms with van der Waals surface area (Å²) in [5.74, 6) is 0.499. The second kappa shape index (κ2) is 7.30. The number of alkyl halides is 3. The normalized spacial score (nSPS) is 12.7. The van der Waals surface area contributed by atoms with Gasteiger partial charge in [0.2, 0.25) is 5.89 Å². The van der Waals surface area contributed by atoms with Gasteiger partial charge in [0.15, 0.2) is 6.10 Å². The van der Waals surface area contributed by atoms with Crippen molar-refractivity contribution in [3.8, 4) is 11.5 Å². The summed E-state index contributed by atoms with van der Waals surface area (Å²) in [6.07, 6.45) is -3.12. The number of halogens is 3. The minimum absolute atomic E-state index is 0.00658. The van der Waals surface area contributed by atoms with E-state index in [9.17, 15) is 18.0 Å². The molecule has 10 heteroatoms. The highest BCUT2D eigenvalue weighted by Crippen LogP contribution is 2.21. The predicted octanol–water partition coefficient (Wildman–Crippen LogP) is 2.51. The monoisotopic (exact) mass is 344 g/mol. The first-order valence-corrected chi connectivity index (χ1v) is 6.98. The van der Waals surface area contributed by atoms with Gasteiger partial charge in [0.05, 0.1) is 18.3 Å². The molecule has 1 unspecified atom stereocenters. The molecule has 130 valence electrons. The lowest BCUT2D eigenvalue weighted by molar-refractivity contribution is -0.206. The molecular formula is C14H15F3N4O3. The van der Waals surface area contributed by atoms with Gasteiger partial charge in [0.1, 0.15) is 12.1 Å². The van der Waals surface area contributed by atoms with Crippen LogP contribution in [0.3, 0.4) is 0 Å². The number of aliphatic hydroxyl groups excluding tert-OH is 1. The van der Waals surface area contributed by atoms with Gasteiger partial charge in [-0.15, -0.1) is 0 Å². The topological polar surface area (TPSA) is 91.5 Å². The molecule has 0 aromatic carbocycles. The number of hydrogen-bond donors (Lipinski definition) is 2. The van der Waals surface area contributed by atoms with E-state index in [0.29, 0.717) is 11.5 Å². The second-order valence-electron chi connectivity index (χ2n) is 4.80. The average Bonchev–Trinajstić information content (AvgIpc) is 3.06. The van der Waals surface area contributed by atoms with Crippen LogP contribution in [0.4, 0.5) is 23.8 Å². The van der Waals surface area contributed by atoms with Crippen molar-refractivity contribution < 1.29 is 27.5 Å². The third-order valence-electron chi connectivity index (χ3n) is 3.12. The van der Waals surface area contributed by atoms with Crippen LogP contribution in [0.2, 0.25) is 0 Å². The van der Waals surface area contributed by atoms with E-state index in [1.54, 1.807) is 6.07 Å². The number of nitrogens with zero attached hydrogens (tertiary/aromatic N) is 3. The van der Waals surface area contributed by atoms with Gasteiger partial charge < -0.3 is 14.4 Å². The Bertz CT molecular complexity index is 659. The van der Waals surface area contributed by atoms with Gasteiger partial charge >= 0.3 is 12.2 Å². The highest BCUT2D eigenvalue weighted by atomic mass is 19.4. The molecule has 0 saturated carbocycles. The van der Waals surface area contributed by atoms with Gasteiger partial charge in [-0.25, -0.2) is 14.8 Å². The Balaban J connectivity index is 1.99. The molecule has 0 aliphatic rings. The van der Waals surface area contributed by atoms with Crippen LogP contribution in [0, 0.1) is 0 Å². The lowest BCUT2D eigenvalue weighted by atomic mass is 10.3. The van der Waals surface area contributed by atoms with Crippen LogP contribution < -0.4 is 5.32 Å². The van der Waals surface area contributed by atoms with Gasteiger partial charge in [-0.1, -0.05) is 0 Å². The fraction of sp³-hybridized carbons (Fsp3) is 0.357. The number of aliphatic hydroxyl groups is 1. The third kappa shape index (κ3) is 4.44. The van der Waals surface area contributed by atoms with Crippen LogP contribution in [0.5, 0.6) is 0 Å². The molecule has 2 aromatic heterocycles. The standard InChI is InChI=1S/C14H15F3N4O3/c1-2-21(8-10(22)14(15,16)17)13(23)20-11-4-3-9(7-19-11)12-18-5-6-24-12/h3-7,10,22H,2,8H2,1H3,(H,19,20,23). The Kier molecular flexibility index (Phi) is 5.39. The Morgan fingerprint density at radius 1 is 1.42 bits per heavy atom. The summed E-state index contributed by atoms with van der Waals surface area (Å²) in [7, 11) is 0. The Morgan fingerprint density at radius 3 is 2.67 bits per heavy atom. The van der Waals surface area contributed by atoms with Crippen molar-refractivity contribution in [2.75, 3.05) is 18.4 Å². The zero-order valence-electron chi connectivity index (χ0n) is 12.6. The van der Waals surface area contributed by atoms with E-state index in [0.717, 1.165) is 4.90 Å². The summed E-state index contributed by atoms with van der Waals surface area (Å²) in [5.41, 5.74) is 0.581. The van der Waals surface area contributed by atoms with Crippen LogP contribution in [0.25, 0.3) is 11.5 Å². The molecule has 2 aromatic rings.